The van der Waals surface area contributed by atoms with Gasteiger partial charge in [0.1, 0.15) is 6.10 Å². The van der Waals surface area contributed by atoms with Gasteiger partial charge in [-0.25, -0.2) is 4.79 Å². The number of aromatic nitrogens is 2. The Kier molecular flexibility index (Phi) is 8.42. The van der Waals surface area contributed by atoms with Gasteiger partial charge < -0.3 is 19.7 Å². The molecule has 1 aliphatic rings. The van der Waals surface area contributed by atoms with Crippen molar-refractivity contribution in [2.24, 2.45) is 5.41 Å². The Morgan fingerprint density at radius 3 is 2.57 bits per heavy atom. The summed E-state index contributed by atoms with van der Waals surface area (Å²) in [5.41, 5.74) is -1.45. The van der Waals surface area contributed by atoms with Gasteiger partial charge in [-0.15, -0.1) is 0 Å². The van der Waals surface area contributed by atoms with E-state index < -0.39 is 34.9 Å². The number of hydrogen-bond acceptors (Lipinski definition) is 6. The van der Waals surface area contributed by atoms with E-state index in [0.717, 1.165) is 25.7 Å². The molecule has 0 amide bonds. The molecule has 28 heavy (non-hydrogen) atoms. The molecule has 0 saturated heterocycles. The summed E-state index contributed by atoms with van der Waals surface area (Å²) in [6, 6.07) is -0.614. The first-order chi connectivity index (χ1) is 13.4. The summed E-state index contributed by atoms with van der Waals surface area (Å²) >= 11 is 0. The van der Waals surface area contributed by atoms with E-state index in [4.69, 9.17) is 9.47 Å². The van der Waals surface area contributed by atoms with Gasteiger partial charge in [-0.1, -0.05) is 26.7 Å². The van der Waals surface area contributed by atoms with Crippen LogP contribution in [0.4, 0.5) is 0 Å². The average molecular weight is 399 g/mol. The third-order valence-corrected chi connectivity index (χ3v) is 5.57. The molecule has 0 spiro atoms. The Morgan fingerprint density at radius 2 is 1.93 bits per heavy atom. The van der Waals surface area contributed by atoms with Crippen molar-refractivity contribution < 1.29 is 19.7 Å². The predicted octanol–water partition coefficient (Wildman–Crippen LogP) is 1.13. The molecule has 2 rings (SSSR count). The van der Waals surface area contributed by atoms with Crippen LogP contribution in [0.3, 0.4) is 0 Å². The molecule has 3 N–H and O–H groups in total. The van der Waals surface area contributed by atoms with Crippen molar-refractivity contribution in [3.63, 3.8) is 0 Å². The fourth-order valence-corrected chi connectivity index (χ4v) is 3.81. The molecule has 0 aliphatic heterocycles. The lowest BCUT2D eigenvalue weighted by atomic mass is 9.85. The number of nitrogens with zero attached hydrogens (tertiary/aromatic N) is 1. The number of aryl methyl sites for hydroxylation is 1. The molecular formula is C20H34N2O6. The molecule has 1 saturated carbocycles. The van der Waals surface area contributed by atoms with Crippen LogP contribution in [-0.2, 0) is 9.47 Å². The second-order valence-electron chi connectivity index (χ2n) is 7.81. The number of ether oxygens (including phenoxy) is 2. The van der Waals surface area contributed by atoms with Gasteiger partial charge in [0.05, 0.1) is 25.4 Å². The van der Waals surface area contributed by atoms with E-state index in [-0.39, 0.29) is 13.2 Å². The van der Waals surface area contributed by atoms with Crippen LogP contribution in [-0.4, -0.2) is 58.4 Å². The zero-order valence-electron chi connectivity index (χ0n) is 17.1. The van der Waals surface area contributed by atoms with E-state index in [9.17, 15) is 19.8 Å². The Hall–Kier alpha value is -1.48. The fourth-order valence-electron chi connectivity index (χ4n) is 3.81. The summed E-state index contributed by atoms with van der Waals surface area (Å²) < 4.78 is 13.1. The number of aliphatic hydroxyl groups excluding tert-OH is 2. The summed E-state index contributed by atoms with van der Waals surface area (Å²) in [6.45, 7) is 6.78. The zero-order valence-corrected chi connectivity index (χ0v) is 17.1. The second kappa shape index (κ2) is 10.3. The lowest BCUT2D eigenvalue weighted by Crippen LogP contribution is -2.45. The standard InChI is InChI=1S/C20H34N2O6/c1-4-6-8-27-13-20(12-23)10-15(16(24)17(20)28-9-7-5-2)22-11-14(3)18(25)21-19(22)26/h11,15-17,23-24H,4-10,12-13H2,1-3H3,(H,21,25,26)/t15-,16+,17+,20+/m1/s1. The summed E-state index contributed by atoms with van der Waals surface area (Å²) in [4.78, 5) is 26.3. The topological polar surface area (TPSA) is 114 Å². The van der Waals surface area contributed by atoms with Gasteiger partial charge in [-0.3, -0.25) is 14.3 Å². The van der Waals surface area contributed by atoms with Crippen LogP contribution >= 0.6 is 0 Å². The van der Waals surface area contributed by atoms with Gasteiger partial charge >= 0.3 is 5.69 Å². The van der Waals surface area contributed by atoms with Crippen LogP contribution in [0.25, 0.3) is 0 Å². The monoisotopic (exact) mass is 398 g/mol. The number of H-pyrrole nitrogens is 1. The molecule has 1 aromatic rings. The molecule has 1 aliphatic carbocycles. The maximum atomic E-state index is 12.4. The highest BCUT2D eigenvalue weighted by Gasteiger charge is 2.55. The van der Waals surface area contributed by atoms with Crippen molar-refractivity contribution in [1.29, 1.82) is 0 Å². The maximum absolute atomic E-state index is 12.4. The Morgan fingerprint density at radius 1 is 1.25 bits per heavy atom. The van der Waals surface area contributed by atoms with Crippen molar-refractivity contribution >= 4 is 0 Å². The quantitative estimate of drug-likeness (QED) is 0.482. The number of aliphatic hydroxyl groups is 2. The van der Waals surface area contributed by atoms with E-state index in [0.29, 0.717) is 25.2 Å². The first-order valence-corrected chi connectivity index (χ1v) is 10.2. The maximum Gasteiger partial charge on any atom is 0.328 e. The van der Waals surface area contributed by atoms with Gasteiger partial charge in [-0.2, -0.15) is 0 Å². The van der Waals surface area contributed by atoms with Crippen LogP contribution in [0.2, 0.25) is 0 Å². The van der Waals surface area contributed by atoms with Crippen LogP contribution < -0.4 is 11.2 Å². The lowest BCUT2D eigenvalue weighted by Gasteiger charge is -2.34. The molecule has 1 heterocycles. The Bertz CT molecular complexity index is 730. The van der Waals surface area contributed by atoms with E-state index in [2.05, 4.69) is 11.9 Å². The number of nitrogens with one attached hydrogen (secondary N) is 1. The Labute approximate surface area is 165 Å². The van der Waals surface area contributed by atoms with Crippen LogP contribution in [0.15, 0.2) is 15.8 Å². The van der Waals surface area contributed by atoms with Crippen LogP contribution in [0, 0.1) is 12.3 Å². The molecule has 1 aromatic heterocycles. The van der Waals surface area contributed by atoms with E-state index in [1.165, 1.54) is 10.8 Å². The highest BCUT2D eigenvalue weighted by atomic mass is 16.5. The van der Waals surface area contributed by atoms with Crippen molar-refractivity contribution in [2.75, 3.05) is 26.4 Å². The fraction of sp³-hybridized carbons (Fsp3) is 0.800. The van der Waals surface area contributed by atoms with E-state index >= 15 is 0 Å². The van der Waals surface area contributed by atoms with Crippen LogP contribution in [0.5, 0.6) is 0 Å². The minimum Gasteiger partial charge on any atom is -0.396 e. The van der Waals surface area contributed by atoms with Gasteiger partial charge in [0.15, 0.2) is 0 Å². The number of aromatic amines is 1. The van der Waals surface area contributed by atoms with Crippen molar-refractivity contribution in [1.82, 2.24) is 9.55 Å². The third kappa shape index (κ3) is 4.92. The van der Waals surface area contributed by atoms with Crippen molar-refractivity contribution in [3.8, 4) is 0 Å². The lowest BCUT2D eigenvalue weighted by molar-refractivity contribution is -0.119. The summed E-state index contributed by atoms with van der Waals surface area (Å²) in [5, 5.41) is 21.2. The van der Waals surface area contributed by atoms with Gasteiger partial charge in [-0.05, 0) is 26.2 Å². The molecule has 0 bridgehead atoms. The number of unbranched alkanes of at least 4 members (excludes halogenated alkanes) is 2. The van der Waals surface area contributed by atoms with E-state index in [1.807, 2.05) is 6.92 Å². The second-order valence-corrected chi connectivity index (χ2v) is 7.81. The molecule has 8 nitrogen and oxygen atoms in total. The van der Waals surface area contributed by atoms with Crippen molar-refractivity contribution in [3.05, 3.63) is 32.6 Å². The summed E-state index contributed by atoms with van der Waals surface area (Å²) in [5.74, 6) is 0. The van der Waals surface area contributed by atoms with Crippen LogP contribution in [0.1, 0.15) is 57.6 Å². The number of rotatable bonds is 11. The van der Waals surface area contributed by atoms with Gasteiger partial charge in [0.2, 0.25) is 0 Å². The minimum atomic E-state index is -0.998. The Balaban J connectivity index is 2.32. The molecule has 160 valence electrons. The van der Waals surface area contributed by atoms with Crippen molar-refractivity contribution in [2.45, 2.75) is 71.1 Å². The minimum absolute atomic E-state index is 0.222. The molecule has 0 aromatic carbocycles. The first kappa shape index (κ1) is 22.8. The smallest absolute Gasteiger partial charge is 0.328 e. The normalized spacial score (nSPS) is 27.4. The highest BCUT2D eigenvalue weighted by Crippen LogP contribution is 2.46. The summed E-state index contributed by atoms with van der Waals surface area (Å²) in [7, 11) is 0. The SMILES string of the molecule is CCCCOC[C@@]1(CO)C[C@@H](n2cc(C)c(=O)[nH]c2=O)[C@H](O)[C@@H]1OCCCC. The molecule has 4 atom stereocenters. The predicted molar refractivity (Wildman–Crippen MR) is 106 cm³/mol. The highest BCUT2D eigenvalue weighted by molar-refractivity contribution is 5.09. The average Bonchev–Trinajstić information content (AvgIpc) is 2.95. The molecule has 8 heteroatoms. The zero-order chi connectivity index (χ0) is 20.7. The van der Waals surface area contributed by atoms with E-state index in [1.54, 1.807) is 6.92 Å². The molecular weight excluding hydrogens is 364 g/mol. The first-order valence-electron chi connectivity index (χ1n) is 10.2. The largest absolute Gasteiger partial charge is 0.396 e. The third-order valence-electron chi connectivity index (χ3n) is 5.57. The molecule has 1 fully saturated rings. The van der Waals surface area contributed by atoms with Gasteiger partial charge in [0, 0.05) is 30.4 Å². The number of hydrogen-bond donors (Lipinski definition) is 3. The van der Waals surface area contributed by atoms with Gasteiger partial charge in [0.25, 0.3) is 5.56 Å². The molecule has 0 radical (unpaired) electrons. The molecule has 0 unspecified atom stereocenters. The summed E-state index contributed by atoms with van der Waals surface area (Å²) in [6.07, 6.45) is 3.82.